The molecule has 0 amide bonds. The van der Waals surface area contributed by atoms with Gasteiger partial charge in [-0.25, -0.2) is 0 Å². The Balaban J connectivity index is 2.78. The molecular weight excluding hydrogens is 208 g/mol. The molecule has 0 aliphatic heterocycles. The molecule has 0 spiro atoms. The van der Waals surface area contributed by atoms with Crippen molar-refractivity contribution in [2.24, 2.45) is 0 Å². The van der Waals surface area contributed by atoms with Crippen LogP contribution in [0.5, 0.6) is 5.75 Å². The van der Waals surface area contributed by atoms with Crippen molar-refractivity contribution >= 4 is 0 Å². The minimum atomic E-state index is 0.310. The first-order chi connectivity index (χ1) is 8.27. The van der Waals surface area contributed by atoms with Crippen LogP contribution >= 0.6 is 0 Å². The molecule has 0 saturated carbocycles. The smallest absolute Gasteiger partial charge is 0.116 e. The standard InChI is InChI=1S/C16H22O/c1-3-5-7-8-10-15-13-16(17)12-11-14(15)9-6-4-2/h11-13,17H,3-7,9H2,1-2H3. The Morgan fingerprint density at radius 2 is 1.88 bits per heavy atom. The first-order valence-electron chi connectivity index (χ1n) is 6.58. The number of phenols is 1. The van der Waals surface area contributed by atoms with E-state index in [1.54, 1.807) is 12.1 Å². The zero-order chi connectivity index (χ0) is 12.5. The lowest BCUT2D eigenvalue weighted by Gasteiger charge is -2.04. The van der Waals surface area contributed by atoms with E-state index >= 15 is 0 Å². The fourth-order valence-corrected chi connectivity index (χ4v) is 1.69. The minimum Gasteiger partial charge on any atom is -0.508 e. The maximum absolute atomic E-state index is 9.50. The quantitative estimate of drug-likeness (QED) is 0.591. The Morgan fingerprint density at radius 1 is 1.12 bits per heavy atom. The molecule has 17 heavy (non-hydrogen) atoms. The van der Waals surface area contributed by atoms with Crippen molar-refractivity contribution in [3.05, 3.63) is 29.3 Å². The number of hydrogen-bond donors (Lipinski definition) is 1. The number of rotatable bonds is 5. The summed E-state index contributed by atoms with van der Waals surface area (Å²) in [5, 5.41) is 9.50. The van der Waals surface area contributed by atoms with Gasteiger partial charge in [-0.3, -0.25) is 0 Å². The van der Waals surface area contributed by atoms with Gasteiger partial charge in [-0.2, -0.15) is 0 Å². The maximum atomic E-state index is 9.50. The fraction of sp³-hybridized carbons (Fsp3) is 0.500. The normalized spacial score (nSPS) is 9.76. The van der Waals surface area contributed by atoms with Gasteiger partial charge in [0.1, 0.15) is 5.75 Å². The average Bonchev–Trinajstić information content (AvgIpc) is 2.33. The molecule has 0 aliphatic carbocycles. The highest BCUT2D eigenvalue weighted by molar-refractivity contribution is 5.45. The molecule has 1 aromatic carbocycles. The number of aromatic hydroxyl groups is 1. The van der Waals surface area contributed by atoms with Gasteiger partial charge in [-0.15, -0.1) is 0 Å². The molecule has 0 atom stereocenters. The number of hydrogen-bond acceptors (Lipinski definition) is 1. The van der Waals surface area contributed by atoms with Gasteiger partial charge in [-0.05, 0) is 37.0 Å². The van der Waals surface area contributed by atoms with Crippen LogP contribution in [0, 0.1) is 11.8 Å². The highest BCUT2D eigenvalue weighted by atomic mass is 16.3. The summed E-state index contributed by atoms with van der Waals surface area (Å²) >= 11 is 0. The lowest BCUT2D eigenvalue weighted by molar-refractivity contribution is 0.475. The van der Waals surface area contributed by atoms with Crippen LogP contribution in [0.1, 0.15) is 57.1 Å². The number of aryl methyl sites for hydroxylation is 1. The maximum Gasteiger partial charge on any atom is 0.116 e. The molecule has 0 saturated heterocycles. The molecule has 0 aromatic heterocycles. The second-order valence-corrected chi connectivity index (χ2v) is 4.35. The van der Waals surface area contributed by atoms with Crippen molar-refractivity contribution in [1.29, 1.82) is 0 Å². The Bertz CT molecular complexity index is 396. The van der Waals surface area contributed by atoms with Gasteiger partial charge in [-0.1, -0.05) is 44.6 Å². The average molecular weight is 230 g/mol. The van der Waals surface area contributed by atoms with Crippen LogP contribution in [0.2, 0.25) is 0 Å². The van der Waals surface area contributed by atoms with Crippen molar-refractivity contribution in [1.82, 2.24) is 0 Å². The largest absolute Gasteiger partial charge is 0.508 e. The zero-order valence-electron chi connectivity index (χ0n) is 10.9. The van der Waals surface area contributed by atoms with Gasteiger partial charge >= 0.3 is 0 Å². The highest BCUT2D eigenvalue weighted by Gasteiger charge is 2.00. The molecule has 1 aromatic rings. The first-order valence-corrected chi connectivity index (χ1v) is 6.58. The summed E-state index contributed by atoms with van der Waals surface area (Å²) in [6.45, 7) is 4.36. The van der Waals surface area contributed by atoms with Crippen LogP contribution in [-0.4, -0.2) is 5.11 Å². The van der Waals surface area contributed by atoms with E-state index in [2.05, 4.69) is 25.7 Å². The molecule has 0 unspecified atom stereocenters. The van der Waals surface area contributed by atoms with Crippen LogP contribution in [0.4, 0.5) is 0 Å². The third-order valence-electron chi connectivity index (χ3n) is 2.77. The van der Waals surface area contributed by atoms with E-state index in [0.717, 1.165) is 24.8 Å². The van der Waals surface area contributed by atoms with Gasteiger partial charge in [0, 0.05) is 12.0 Å². The molecule has 1 nitrogen and oxygen atoms in total. The van der Waals surface area contributed by atoms with Crippen LogP contribution in [-0.2, 0) is 6.42 Å². The van der Waals surface area contributed by atoms with Gasteiger partial charge < -0.3 is 5.11 Å². The number of benzene rings is 1. The second kappa shape index (κ2) is 7.79. The summed E-state index contributed by atoms with van der Waals surface area (Å²) in [5.74, 6) is 6.68. The Hall–Kier alpha value is -1.42. The van der Waals surface area contributed by atoms with Crippen LogP contribution in [0.3, 0.4) is 0 Å². The van der Waals surface area contributed by atoms with E-state index in [1.807, 2.05) is 6.07 Å². The number of phenolic OH excluding ortho intramolecular Hbond substituents is 1. The van der Waals surface area contributed by atoms with E-state index in [-0.39, 0.29) is 0 Å². The Kier molecular flexibility index (Phi) is 6.25. The lowest BCUT2D eigenvalue weighted by atomic mass is 10.0. The minimum absolute atomic E-state index is 0.310. The molecule has 92 valence electrons. The van der Waals surface area contributed by atoms with Gasteiger partial charge in [0.25, 0.3) is 0 Å². The Morgan fingerprint density at radius 3 is 2.59 bits per heavy atom. The van der Waals surface area contributed by atoms with Gasteiger partial charge in [0.15, 0.2) is 0 Å². The monoisotopic (exact) mass is 230 g/mol. The topological polar surface area (TPSA) is 20.2 Å². The zero-order valence-corrected chi connectivity index (χ0v) is 10.9. The van der Waals surface area contributed by atoms with Crippen molar-refractivity contribution in [3.63, 3.8) is 0 Å². The summed E-state index contributed by atoms with van der Waals surface area (Å²) in [6.07, 6.45) is 6.68. The molecule has 0 radical (unpaired) electrons. The van der Waals surface area contributed by atoms with Crippen LogP contribution in [0.15, 0.2) is 18.2 Å². The van der Waals surface area contributed by atoms with Gasteiger partial charge in [0.05, 0.1) is 0 Å². The van der Waals surface area contributed by atoms with Crippen molar-refractivity contribution in [3.8, 4) is 17.6 Å². The predicted molar refractivity (Wildman–Crippen MR) is 73.1 cm³/mol. The van der Waals surface area contributed by atoms with Crippen molar-refractivity contribution < 1.29 is 5.11 Å². The lowest BCUT2D eigenvalue weighted by Crippen LogP contribution is -1.90. The molecule has 1 rings (SSSR count). The van der Waals surface area contributed by atoms with E-state index in [4.69, 9.17) is 0 Å². The van der Waals surface area contributed by atoms with E-state index in [9.17, 15) is 5.11 Å². The second-order valence-electron chi connectivity index (χ2n) is 4.35. The first kappa shape index (κ1) is 13.6. The molecule has 0 heterocycles. The van der Waals surface area contributed by atoms with E-state index in [0.29, 0.717) is 5.75 Å². The molecule has 1 N–H and O–H groups in total. The molecule has 0 fully saturated rings. The Labute approximate surface area is 105 Å². The van der Waals surface area contributed by atoms with Gasteiger partial charge in [0.2, 0.25) is 0 Å². The third-order valence-corrected chi connectivity index (χ3v) is 2.77. The molecule has 0 aliphatic rings. The number of unbranched alkanes of at least 4 members (excludes halogenated alkanes) is 3. The highest BCUT2D eigenvalue weighted by Crippen LogP contribution is 2.17. The third kappa shape index (κ3) is 4.95. The van der Waals surface area contributed by atoms with Crippen LogP contribution in [0.25, 0.3) is 0 Å². The van der Waals surface area contributed by atoms with E-state index in [1.165, 1.54) is 24.8 Å². The molecular formula is C16H22O. The molecule has 1 heteroatoms. The van der Waals surface area contributed by atoms with Crippen LogP contribution < -0.4 is 0 Å². The summed E-state index contributed by atoms with van der Waals surface area (Å²) in [5.41, 5.74) is 2.25. The van der Waals surface area contributed by atoms with Crippen molar-refractivity contribution in [2.45, 2.75) is 52.4 Å². The fourth-order valence-electron chi connectivity index (χ4n) is 1.69. The summed E-state index contributed by atoms with van der Waals surface area (Å²) in [4.78, 5) is 0. The summed E-state index contributed by atoms with van der Waals surface area (Å²) in [6, 6.07) is 5.53. The van der Waals surface area contributed by atoms with Crippen molar-refractivity contribution in [2.75, 3.05) is 0 Å². The summed E-state index contributed by atoms with van der Waals surface area (Å²) < 4.78 is 0. The summed E-state index contributed by atoms with van der Waals surface area (Å²) in [7, 11) is 0. The molecule has 0 bridgehead atoms. The van der Waals surface area contributed by atoms with E-state index < -0.39 is 0 Å². The SMILES string of the molecule is CCCCC#Cc1cc(O)ccc1CCCC. The predicted octanol–water partition coefficient (Wildman–Crippen LogP) is 4.28.